The van der Waals surface area contributed by atoms with Crippen LogP contribution in [0.1, 0.15) is 28.8 Å². The van der Waals surface area contributed by atoms with Gasteiger partial charge < -0.3 is 0 Å². The number of rotatable bonds is 2. The van der Waals surface area contributed by atoms with Crippen LogP contribution in [0.3, 0.4) is 0 Å². The summed E-state index contributed by atoms with van der Waals surface area (Å²) in [6, 6.07) is 4.41. The molecule has 1 nitrogen and oxygen atoms in total. The molecule has 0 unspecified atom stereocenters. The highest BCUT2D eigenvalue weighted by atomic mass is 19.4. The molecular weight excluding hydrogens is 205 g/mol. The summed E-state index contributed by atoms with van der Waals surface area (Å²) in [6.45, 7) is 0. The van der Waals surface area contributed by atoms with Crippen LogP contribution in [0.2, 0.25) is 0 Å². The van der Waals surface area contributed by atoms with Crippen molar-refractivity contribution in [3.8, 4) is 0 Å². The summed E-state index contributed by atoms with van der Waals surface area (Å²) < 4.78 is 36.6. The van der Waals surface area contributed by atoms with E-state index in [0.717, 1.165) is 25.0 Å². The van der Waals surface area contributed by atoms with Gasteiger partial charge in [0.25, 0.3) is 0 Å². The molecular formula is C11H9F3O. The Bertz CT molecular complexity index is 374. The lowest BCUT2D eigenvalue weighted by Crippen LogP contribution is -2.06. The number of carbonyl (C=O) groups excluding carboxylic acids is 1. The van der Waals surface area contributed by atoms with Gasteiger partial charge in [0.05, 0.1) is 5.56 Å². The summed E-state index contributed by atoms with van der Waals surface area (Å²) in [5.41, 5.74) is -0.333. The smallest absolute Gasteiger partial charge is 0.294 e. The lowest BCUT2D eigenvalue weighted by atomic mass is 10.1. The highest BCUT2D eigenvalue weighted by molar-refractivity contribution is 5.99. The van der Waals surface area contributed by atoms with E-state index in [1.54, 1.807) is 0 Å². The summed E-state index contributed by atoms with van der Waals surface area (Å²) in [5.74, 6) is 0.00506. The van der Waals surface area contributed by atoms with E-state index in [9.17, 15) is 18.0 Å². The monoisotopic (exact) mass is 214 g/mol. The van der Waals surface area contributed by atoms with Crippen LogP contribution in [0, 0.1) is 5.92 Å². The van der Waals surface area contributed by atoms with Gasteiger partial charge in [-0.1, -0.05) is 12.1 Å². The minimum Gasteiger partial charge on any atom is -0.294 e. The molecule has 1 saturated carbocycles. The third-order valence-electron chi connectivity index (χ3n) is 2.44. The van der Waals surface area contributed by atoms with Gasteiger partial charge in [0.2, 0.25) is 0 Å². The van der Waals surface area contributed by atoms with Crippen molar-refractivity contribution in [1.29, 1.82) is 0 Å². The number of halogens is 3. The minimum atomic E-state index is -4.33. The Labute approximate surface area is 84.9 Å². The maximum absolute atomic E-state index is 12.2. The first-order valence-electron chi connectivity index (χ1n) is 4.70. The molecule has 0 atom stereocenters. The number of ketones is 1. The Morgan fingerprint density at radius 2 is 1.67 bits per heavy atom. The molecule has 1 fully saturated rings. The van der Waals surface area contributed by atoms with E-state index in [1.807, 2.05) is 0 Å². The first kappa shape index (κ1) is 10.2. The zero-order valence-corrected chi connectivity index (χ0v) is 7.84. The second kappa shape index (κ2) is 3.36. The van der Waals surface area contributed by atoms with Gasteiger partial charge in [0.15, 0.2) is 5.78 Å². The minimum absolute atomic E-state index is 0.0382. The summed E-state index contributed by atoms with van der Waals surface area (Å²) in [6.07, 6.45) is -2.61. The van der Waals surface area contributed by atoms with Gasteiger partial charge in [-0.15, -0.1) is 0 Å². The van der Waals surface area contributed by atoms with Crippen LogP contribution in [0.4, 0.5) is 13.2 Å². The van der Waals surface area contributed by atoms with E-state index in [4.69, 9.17) is 0 Å². The number of Topliss-reactive ketones (excluding diaryl/α,β-unsaturated/α-hetero) is 1. The maximum Gasteiger partial charge on any atom is 0.416 e. The van der Waals surface area contributed by atoms with Crippen molar-refractivity contribution in [3.05, 3.63) is 35.4 Å². The largest absolute Gasteiger partial charge is 0.416 e. The molecule has 2 rings (SSSR count). The maximum atomic E-state index is 12.2. The van der Waals surface area contributed by atoms with E-state index in [1.165, 1.54) is 12.1 Å². The zero-order valence-electron chi connectivity index (χ0n) is 7.84. The Hall–Kier alpha value is -1.32. The molecule has 1 aliphatic carbocycles. The summed E-state index contributed by atoms with van der Waals surface area (Å²) in [5, 5.41) is 0. The average molecular weight is 214 g/mol. The lowest BCUT2D eigenvalue weighted by Gasteiger charge is -2.06. The van der Waals surface area contributed by atoms with Gasteiger partial charge in [0.1, 0.15) is 0 Å². The van der Waals surface area contributed by atoms with E-state index in [2.05, 4.69) is 0 Å². The molecule has 80 valence electrons. The fraction of sp³-hybridized carbons (Fsp3) is 0.364. The number of alkyl halides is 3. The quantitative estimate of drug-likeness (QED) is 0.690. The molecule has 0 N–H and O–H groups in total. The highest BCUT2D eigenvalue weighted by Crippen LogP contribution is 2.34. The van der Waals surface area contributed by atoms with Crippen LogP contribution < -0.4 is 0 Å². The molecule has 0 heterocycles. The van der Waals surface area contributed by atoms with Crippen LogP contribution in [-0.2, 0) is 6.18 Å². The van der Waals surface area contributed by atoms with Gasteiger partial charge in [-0.05, 0) is 25.0 Å². The van der Waals surface area contributed by atoms with Crippen LogP contribution in [0.25, 0.3) is 0 Å². The van der Waals surface area contributed by atoms with Gasteiger partial charge in [-0.3, -0.25) is 4.79 Å². The fourth-order valence-electron chi connectivity index (χ4n) is 1.40. The second-order valence-electron chi connectivity index (χ2n) is 3.71. The Morgan fingerprint density at radius 1 is 1.13 bits per heavy atom. The van der Waals surface area contributed by atoms with Crippen molar-refractivity contribution in [2.45, 2.75) is 19.0 Å². The SMILES string of the molecule is O=C(c1ccc(C(F)(F)F)cc1)C1CC1. The van der Waals surface area contributed by atoms with Crippen LogP contribution in [0.5, 0.6) is 0 Å². The van der Waals surface area contributed by atoms with E-state index < -0.39 is 11.7 Å². The molecule has 1 aromatic carbocycles. The zero-order chi connectivity index (χ0) is 11.1. The molecule has 0 aromatic heterocycles. The van der Waals surface area contributed by atoms with E-state index in [0.29, 0.717) is 5.56 Å². The number of carbonyl (C=O) groups is 1. The van der Waals surface area contributed by atoms with E-state index >= 15 is 0 Å². The van der Waals surface area contributed by atoms with Crippen LogP contribution >= 0.6 is 0 Å². The van der Waals surface area contributed by atoms with Gasteiger partial charge in [-0.25, -0.2) is 0 Å². The molecule has 0 aliphatic heterocycles. The summed E-state index contributed by atoms with van der Waals surface area (Å²) >= 11 is 0. The molecule has 0 bridgehead atoms. The second-order valence-corrected chi connectivity index (χ2v) is 3.71. The highest BCUT2D eigenvalue weighted by Gasteiger charge is 2.32. The molecule has 1 aromatic rings. The standard InChI is InChI=1S/C11H9F3O/c12-11(13,14)9-5-3-8(4-6-9)10(15)7-1-2-7/h3-7H,1-2H2. The van der Waals surface area contributed by atoms with Crippen LogP contribution in [-0.4, -0.2) is 5.78 Å². The predicted molar refractivity (Wildman–Crippen MR) is 48.5 cm³/mol. The van der Waals surface area contributed by atoms with E-state index in [-0.39, 0.29) is 11.7 Å². The first-order chi connectivity index (χ1) is 6.98. The van der Waals surface area contributed by atoms with Crippen molar-refractivity contribution < 1.29 is 18.0 Å². The van der Waals surface area contributed by atoms with Crippen molar-refractivity contribution in [2.24, 2.45) is 5.92 Å². The molecule has 1 aliphatic rings. The van der Waals surface area contributed by atoms with Crippen molar-refractivity contribution in [3.63, 3.8) is 0 Å². The molecule has 4 heteroatoms. The normalized spacial score (nSPS) is 16.5. The molecule has 0 spiro atoms. The first-order valence-corrected chi connectivity index (χ1v) is 4.70. The van der Waals surface area contributed by atoms with Crippen molar-refractivity contribution in [2.75, 3.05) is 0 Å². The fourth-order valence-corrected chi connectivity index (χ4v) is 1.40. The molecule has 0 saturated heterocycles. The number of hydrogen-bond donors (Lipinski definition) is 0. The third kappa shape index (κ3) is 2.19. The third-order valence-corrected chi connectivity index (χ3v) is 2.44. The Morgan fingerprint density at radius 3 is 2.07 bits per heavy atom. The number of benzene rings is 1. The molecule has 0 amide bonds. The average Bonchev–Trinajstić information content (AvgIpc) is 2.99. The van der Waals surface area contributed by atoms with Crippen LogP contribution in [0.15, 0.2) is 24.3 Å². The topological polar surface area (TPSA) is 17.1 Å². The van der Waals surface area contributed by atoms with Crippen molar-refractivity contribution in [1.82, 2.24) is 0 Å². The van der Waals surface area contributed by atoms with Gasteiger partial charge >= 0.3 is 6.18 Å². The lowest BCUT2D eigenvalue weighted by molar-refractivity contribution is -0.137. The Balaban J connectivity index is 2.20. The van der Waals surface area contributed by atoms with Gasteiger partial charge in [-0.2, -0.15) is 13.2 Å². The number of hydrogen-bond acceptors (Lipinski definition) is 1. The summed E-state index contributed by atoms with van der Waals surface area (Å²) in [4.78, 5) is 11.5. The molecule has 0 radical (unpaired) electrons. The van der Waals surface area contributed by atoms with Gasteiger partial charge in [0, 0.05) is 11.5 Å². The summed E-state index contributed by atoms with van der Waals surface area (Å²) in [7, 11) is 0. The van der Waals surface area contributed by atoms with Crippen molar-refractivity contribution >= 4 is 5.78 Å². The molecule has 15 heavy (non-hydrogen) atoms. The Kier molecular flexibility index (Phi) is 2.29. The predicted octanol–water partition coefficient (Wildman–Crippen LogP) is 3.30.